The lowest BCUT2D eigenvalue weighted by Gasteiger charge is -2.50. The number of fused-ring (bicyclic) bond motifs is 3. The highest BCUT2D eigenvalue weighted by Gasteiger charge is 2.46. The normalized spacial score (nSPS) is 34.5. The molecule has 4 heteroatoms. The van der Waals surface area contributed by atoms with Crippen LogP contribution in [0.2, 0.25) is 0 Å². The van der Waals surface area contributed by atoms with Crippen molar-refractivity contribution in [3.05, 3.63) is 35.9 Å². The molecule has 3 aliphatic heterocycles. The van der Waals surface area contributed by atoms with E-state index in [2.05, 4.69) is 24.5 Å². The van der Waals surface area contributed by atoms with Crippen LogP contribution in [0.3, 0.4) is 0 Å². The maximum atomic E-state index is 12.5. The molecule has 4 fully saturated rings. The molecule has 23 heavy (non-hydrogen) atoms. The van der Waals surface area contributed by atoms with Crippen molar-refractivity contribution in [1.82, 2.24) is 5.32 Å². The van der Waals surface area contributed by atoms with Gasteiger partial charge in [-0.25, -0.2) is 4.79 Å². The molecular weight excluding hydrogens is 288 g/mol. The van der Waals surface area contributed by atoms with Gasteiger partial charge >= 0.3 is 6.09 Å². The second-order valence-electron chi connectivity index (χ2n) is 7.96. The lowest BCUT2D eigenvalue weighted by atomic mass is 9.72. The van der Waals surface area contributed by atoms with Gasteiger partial charge in [-0.15, -0.1) is 0 Å². The van der Waals surface area contributed by atoms with Gasteiger partial charge in [0.2, 0.25) is 0 Å². The fraction of sp³-hybridized carbons (Fsp3) is 0.632. The summed E-state index contributed by atoms with van der Waals surface area (Å²) in [5.41, 5.74) is 1.00. The summed E-state index contributed by atoms with van der Waals surface area (Å²) in [7, 11) is 2.29. The zero-order valence-electron chi connectivity index (χ0n) is 14.0. The molecule has 4 aliphatic rings. The summed E-state index contributed by atoms with van der Waals surface area (Å²) in [6.45, 7) is 3.45. The highest BCUT2D eigenvalue weighted by molar-refractivity contribution is 5.69. The fourth-order valence-electron chi connectivity index (χ4n) is 4.62. The maximum Gasteiger partial charge on any atom is 0.408 e. The Balaban J connectivity index is 1.42. The summed E-state index contributed by atoms with van der Waals surface area (Å²) in [6.07, 6.45) is 5.43. The summed E-state index contributed by atoms with van der Waals surface area (Å²) < 4.78 is 6.95. The van der Waals surface area contributed by atoms with Crippen LogP contribution in [0.25, 0.3) is 0 Å². The van der Waals surface area contributed by atoms with E-state index < -0.39 is 0 Å². The van der Waals surface area contributed by atoms with Gasteiger partial charge < -0.3 is 14.5 Å². The van der Waals surface area contributed by atoms with E-state index in [1.165, 1.54) is 31.5 Å². The molecule has 1 aromatic carbocycles. The minimum atomic E-state index is -0.223. The number of amides is 1. The van der Waals surface area contributed by atoms with Crippen LogP contribution in [0.1, 0.15) is 37.7 Å². The first-order valence-electron chi connectivity index (χ1n) is 8.97. The Labute approximate surface area is 138 Å². The van der Waals surface area contributed by atoms with Crippen molar-refractivity contribution in [3.8, 4) is 0 Å². The molecule has 1 saturated carbocycles. The summed E-state index contributed by atoms with van der Waals surface area (Å²) in [6, 6.07) is 10.3. The van der Waals surface area contributed by atoms with Gasteiger partial charge in [-0.3, -0.25) is 0 Å². The third kappa shape index (κ3) is 2.74. The quantitative estimate of drug-likeness (QED) is 0.871. The van der Waals surface area contributed by atoms with Crippen LogP contribution in [0.5, 0.6) is 0 Å². The van der Waals surface area contributed by atoms with E-state index >= 15 is 0 Å². The summed E-state index contributed by atoms with van der Waals surface area (Å²) in [5, 5.41) is 3.20. The molecule has 0 aromatic heterocycles. The number of rotatable bonds is 3. The number of hydrogen-bond acceptors (Lipinski definition) is 2. The molecule has 1 N–H and O–H groups in total. The van der Waals surface area contributed by atoms with Crippen LogP contribution in [0.15, 0.2) is 30.3 Å². The monoisotopic (exact) mass is 315 g/mol. The predicted molar refractivity (Wildman–Crippen MR) is 88.9 cm³/mol. The molecule has 2 bridgehead atoms. The number of benzene rings is 1. The molecule has 5 rings (SSSR count). The number of likely N-dealkylation sites (N-methyl/N-ethyl adjacent to an activating group) is 1. The summed E-state index contributed by atoms with van der Waals surface area (Å²) in [4.78, 5) is 12.5. The van der Waals surface area contributed by atoms with E-state index in [-0.39, 0.29) is 17.7 Å². The van der Waals surface area contributed by atoms with Crippen LogP contribution in [0.4, 0.5) is 4.79 Å². The first-order chi connectivity index (χ1) is 11.1. The van der Waals surface area contributed by atoms with Crippen LogP contribution < -0.4 is 5.32 Å². The van der Waals surface area contributed by atoms with E-state index in [9.17, 15) is 4.79 Å². The van der Waals surface area contributed by atoms with Crippen LogP contribution in [0, 0.1) is 5.92 Å². The van der Waals surface area contributed by atoms with Crippen LogP contribution >= 0.6 is 0 Å². The topological polar surface area (TPSA) is 38.3 Å². The Kier molecular flexibility index (Phi) is 3.60. The second-order valence-corrected chi connectivity index (χ2v) is 7.96. The smallest absolute Gasteiger partial charge is 0.408 e. The van der Waals surface area contributed by atoms with Crippen molar-refractivity contribution in [2.45, 2.75) is 43.7 Å². The summed E-state index contributed by atoms with van der Waals surface area (Å²) in [5.74, 6) is 0.565. The fourth-order valence-corrected chi connectivity index (χ4v) is 4.62. The molecule has 4 nitrogen and oxygen atoms in total. The number of nitrogens with zero attached hydrogens (tertiary/aromatic N) is 1. The van der Waals surface area contributed by atoms with Crippen molar-refractivity contribution < 1.29 is 14.0 Å². The number of hydrogen-bond donors (Lipinski definition) is 1. The third-order valence-corrected chi connectivity index (χ3v) is 6.36. The first-order valence-corrected chi connectivity index (χ1v) is 8.97. The molecule has 0 spiro atoms. The van der Waals surface area contributed by atoms with Crippen LogP contribution in [-0.4, -0.2) is 43.4 Å². The van der Waals surface area contributed by atoms with Gasteiger partial charge in [0.15, 0.2) is 6.10 Å². The molecule has 1 unspecified atom stereocenters. The van der Waals surface area contributed by atoms with Gasteiger partial charge in [0.05, 0.1) is 25.7 Å². The maximum absolute atomic E-state index is 12.5. The van der Waals surface area contributed by atoms with E-state index in [1.54, 1.807) is 0 Å². The largest absolute Gasteiger partial charge is 0.440 e. The number of quaternary nitrogens is 1. The van der Waals surface area contributed by atoms with E-state index in [4.69, 9.17) is 4.74 Å². The Hall–Kier alpha value is -1.55. The average molecular weight is 315 g/mol. The minimum absolute atomic E-state index is 0.0930. The third-order valence-electron chi connectivity index (χ3n) is 6.36. The highest BCUT2D eigenvalue weighted by Crippen LogP contribution is 2.41. The van der Waals surface area contributed by atoms with Gasteiger partial charge in [0.1, 0.15) is 6.54 Å². The number of carbonyl (C=O) groups is 1. The number of alkyl carbamates (subject to hydrolysis) is 1. The van der Waals surface area contributed by atoms with E-state index in [0.29, 0.717) is 5.92 Å². The van der Waals surface area contributed by atoms with Gasteiger partial charge in [-0.05, 0) is 24.8 Å². The second kappa shape index (κ2) is 5.52. The van der Waals surface area contributed by atoms with E-state index in [1.807, 2.05) is 18.2 Å². The Morgan fingerprint density at radius 1 is 1.22 bits per heavy atom. The molecule has 1 atom stereocenters. The number of carbonyl (C=O) groups excluding carboxylic acids is 1. The molecule has 3 saturated heterocycles. The van der Waals surface area contributed by atoms with Crippen molar-refractivity contribution in [1.29, 1.82) is 0 Å². The zero-order valence-corrected chi connectivity index (χ0v) is 14.0. The van der Waals surface area contributed by atoms with Gasteiger partial charge in [0.25, 0.3) is 0 Å². The first kappa shape index (κ1) is 15.0. The average Bonchev–Trinajstić information content (AvgIpc) is 2.52. The van der Waals surface area contributed by atoms with Crippen molar-refractivity contribution in [2.24, 2.45) is 5.92 Å². The predicted octanol–water partition coefficient (Wildman–Crippen LogP) is 3.03. The molecule has 1 aliphatic carbocycles. The zero-order chi connectivity index (χ0) is 15.9. The van der Waals surface area contributed by atoms with Crippen molar-refractivity contribution >= 4 is 6.09 Å². The Morgan fingerprint density at radius 2 is 1.91 bits per heavy atom. The van der Waals surface area contributed by atoms with Crippen molar-refractivity contribution in [3.63, 3.8) is 0 Å². The standard InChI is InChI=1S/C19H26N2O2/c1-21-12-8-15(9-13-21)17(14-21)23-18(22)20-19(10-5-11-19)16-6-3-2-4-7-16/h2-4,6-7,15,17H,5,8-14H2,1H3/p+1. The lowest BCUT2D eigenvalue weighted by Crippen LogP contribution is -2.63. The number of nitrogens with one attached hydrogen (secondary N) is 1. The Bertz CT molecular complexity index is 574. The highest BCUT2D eigenvalue weighted by atomic mass is 16.6. The molecular formula is C19H27N2O2+. The molecule has 0 radical (unpaired) electrons. The molecule has 1 amide bonds. The molecule has 3 heterocycles. The molecule has 124 valence electrons. The van der Waals surface area contributed by atoms with Crippen molar-refractivity contribution in [2.75, 3.05) is 26.7 Å². The minimum Gasteiger partial charge on any atom is -0.440 e. The van der Waals surface area contributed by atoms with Gasteiger partial charge in [-0.1, -0.05) is 30.3 Å². The van der Waals surface area contributed by atoms with Gasteiger partial charge in [0, 0.05) is 18.8 Å². The molecule has 1 aromatic rings. The SMILES string of the molecule is C[N+]12CCC(CC1)C(OC(=O)NC1(c3ccccc3)CCC1)C2. The van der Waals surface area contributed by atoms with Gasteiger partial charge in [-0.2, -0.15) is 0 Å². The van der Waals surface area contributed by atoms with Crippen LogP contribution in [-0.2, 0) is 10.3 Å². The number of piperidine rings is 3. The Morgan fingerprint density at radius 3 is 2.48 bits per heavy atom. The number of ether oxygens (including phenoxy) is 1. The van der Waals surface area contributed by atoms with E-state index in [0.717, 1.165) is 30.3 Å². The summed E-state index contributed by atoms with van der Waals surface area (Å²) >= 11 is 0. The lowest BCUT2D eigenvalue weighted by molar-refractivity contribution is -0.928.